The Labute approximate surface area is 179 Å². The first kappa shape index (κ1) is 21.9. The molecule has 1 aromatic heterocycles. The summed E-state index contributed by atoms with van der Waals surface area (Å²) in [5.41, 5.74) is 0.511. The number of benzene rings is 1. The van der Waals surface area contributed by atoms with Gasteiger partial charge in [-0.1, -0.05) is 30.3 Å². The van der Waals surface area contributed by atoms with Crippen LogP contribution in [-0.2, 0) is 4.79 Å². The van der Waals surface area contributed by atoms with E-state index in [-0.39, 0.29) is 31.3 Å². The van der Waals surface area contributed by atoms with Gasteiger partial charge in [0.15, 0.2) is 0 Å². The fourth-order valence-corrected chi connectivity index (χ4v) is 4.20. The normalized spacial score (nSPS) is 18.8. The Kier molecular flexibility index (Phi) is 6.85. The van der Waals surface area contributed by atoms with Crippen molar-refractivity contribution in [3.05, 3.63) is 47.3 Å². The smallest absolute Gasteiger partial charge is 0.261 e. The summed E-state index contributed by atoms with van der Waals surface area (Å²) in [5, 5.41) is 15.1. The van der Waals surface area contributed by atoms with Crippen LogP contribution in [0.15, 0.2) is 42.5 Å². The van der Waals surface area contributed by atoms with Crippen molar-refractivity contribution in [3.63, 3.8) is 0 Å². The van der Waals surface area contributed by atoms with Gasteiger partial charge in [-0.25, -0.2) is 4.39 Å². The first-order valence-electron chi connectivity index (χ1n) is 9.81. The standard InChI is InChI=1S/C22H25FN4O2S/c1-22(2,26-12-20(28)27-13-16(23)10-17(27)11-24)14-25-21(29)19-9-8-18(30-19)15-6-4-3-5-7-15/h3-9,16-17,26H,10,12-14H2,1-2H3,(H,25,29)/t16-,17-/m0/s1. The predicted octanol–water partition coefficient (Wildman–Crippen LogP) is 2.98. The van der Waals surface area contributed by atoms with Crippen LogP contribution in [0.4, 0.5) is 4.39 Å². The highest BCUT2D eigenvalue weighted by Crippen LogP contribution is 2.27. The molecule has 2 amide bonds. The number of thiophene rings is 1. The third-order valence-corrected chi connectivity index (χ3v) is 6.15. The molecule has 0 bridgehead atoms. The number of nitrogens with one attached hydrogen (secondary N) is 2. The largest absolute Gasteiger partial charge is 0.350 e. The molecule has 2 heterocycles. The number of amides is 2. The van der Waals surface area contributed by atoms with Crippen LogP contribution < -0.4 is 10.6 Å². The average Bonchev–Trinajstić information content (AvgIpc) is 3.38. The molecule has 3 rings (SSSR count). The van der Waals surface area contributed by atoms with Crippen molar-refractivity contribution in [2.75, 3.05) is 19.6 Å². The lowest BCUT2D eigenvalue weighted by atomic mass is 10.1. The maximum atomic E-state index is 13.5. The highest BCUT2D eigenvalue weighted by atomic mass is 32.1. The summed E-state index contributed by atoms with van der Waals surface area (Å²) in [4.78, 5) is 27.8. The summed E-state index contributed by atoms with van der Waals surface area (Å²) in [6.07, 6.45) is -1.09. The van der Waals surface area contributed by atoms with Gasteiger partial charge in [-0.3, -0.25) is 9.59 Å². The van der Waals surface area contributed by atoms with Crippen LogP contribution >= 0.6 is 11.3 Å². The van der Waals surface area contributed by atoms with Crippen molar-refractivity contribution in [3.8, 4) is 16.5 Å². The number of carbonyl (C=O) groups excluding carboxylic acids is 2. The zero-order valence-electron chi connectivity index (χ0n) is 17.0. The number of rotatable bonds is 7. The van der Waals surface area contributed by atoms with Crippen LogP contribution in [0.5, 0.6) is 0 Å². The highest BCUT2D eigenvalue weighted by molar-refractivity contribution is 7.17. The van der Waals surface area contributed by atoms with E-state index in [4.69, 9.17) is 5.26 Å². The second kappa shape index (κ2) is 9.37. The quantitative estimate of drug-likeness (QED) is 0.710. The molecule has 0 saturated carbocycles. The fraction of sp³-hybridized carbons (Fsp3) is 0.409. The Morgan fingerprint density at radius 2 is 2.00 bits per heavy atom. The van der Waals surface area contributed by atoms with E-state index in [1.807, 2.05) is 56.3 Å². The van der Waals surface area contributed by atoms with Crippen molar-refractivity contribution in [1.82, 2.24) is 15.5 Å². The first-order valence-corrected chi connectivity index (χ1v) is 10.6. The summed E-state index contributed by atoms with van der Waals surface area (Å²) in [6, 6.07) is 14.9. The lowest BCUT2D eigenvalue weighted by Gasteiger charge is -2.28. The molecule has 1 fully saturated rings. The van der Waals surface area contributed by atoms with Gasteiger partial charge in [0.2, 0.25) is 5.91 Å². The summed E-state index contributed by atoms with van der Waals surface area (Å²) < 4.78 is 13.5. The Hall–Kier alpha value is -2.76. The van der Waals surface area contributed by atoms with Gasteiger partial charge in [0.1, 0.15) is 12.2 Å². The maximum absolute atomic E-state index is 13.5. The van der Waals surface area contributed by atoms with Crippen molar-refractivity contribution in [2.45, 2.75) is 38.0 Å². The van der Waals surface area contributed by atoms with E-state index < -0.39 is 17.8 Å². The number of hydrogen-bond donors (Lipinski definition) is 2. The molecule has 0 aliphatic carbocycles. The SMILES string of the molecule is CC(C)(CNC(=O)c1ccc(-c2ccccc2)s1)NCC(=O)N1C[C@@H](F)C[C@H]1C#N. The van der Waals surface area contributed by atoms with Crippen LogP contribution in [0, 0.1) is 11.3 Å². The van der Waals surface area contributed by atoms with Crippen LogP contribution in [0.2, 0.25) is 0 Å². The van der Waals surface area contributed by atoms with Crippen LogP contribution in [0.3, 0.4) is 0 Å². The van der Waals surface area contributed by atoms with Crippen LogP contribution in [0.1, 0.15) is 29.9 Å². The Morgan fingerprint density at radius 1 is 1.27 bits per heavy atom. The molecular formula is C22H25FN4O2S. The van der Waals surface area contributed by atoms with Crippen LogP contribution in [-0.4, -0.2) is 54.1 Å². The molecule has 1 saturated heterocycles. The van der Waals surface area contributed by atoms with E-state index in [2.05, 4.69) is 10.6 Å². The van der Waals surface area contributed by atoms with Gasteiger partial charge in [-0.2, -0.15) is 5.26 Å². The Bertz CT molecular complexity index is 938. The number of nitrogens with zero attached hydrogens (tertiary/aromatic N) is 2. The molecule has 1 aromatic carbocycles. The third kappa shape index (κ3) is 5.43. The van der Waals surface area contributed by atoms with Gasteiger partial charge in [-0.05, 0) is 31.5 Å². The summed E-state index contributed by atoms with van der Waals surface area (Å²) in [5.74, 6) is -0.486. The second-order valence-electron chi connectivity index (χ2n) is 7.97. The van der Waals surface area contributed by atoms with E-state index in [9.17, 15) is 14.0 Å². The molecule has 0 spiro atoms. The molecule has 6 nitrogen and oxygen atoms in total. The van der Waals surface area contributed by atoms with Gasteiger partial charge in [0.05, 0.1) is 24.0 Å². The Balaban J connectivity index is 1.50. The molecule has 2 aromatic rings. The minimum absolute atomic E-state index is 0.0229. The minimum atomic E-state index is -1.16. The number of hydrogen-bond acceptors (Lipinski definition) is 5. The maximum Gasteiger partial charge on any atom is 0.261 e. The topological polar surface area (TPSA) is 85.2 Å². The zero-order valence-corrected chi connectivity index (χ0v) is 17.8. The van der Waals surface area contributed by atoms with Gasteiger partial charge in [-0.15, -0.1) is 11.3 Å². The highest BCUT2D eigenvalue weighted by Gasteiger charge is 2.35. The molecule has 1 aliphatic heterocycles. The average molecular weight is 429 g/mol. The van der Waals surface area contributed by atoms with E-state index in [0.29, 0.717) is 11.4 Å². The predicted molar refractivity (Wildman–Crippen MR) is 115 cm³/mol. The van der Waals surface area contributed by atoms with Crippen molar-refractivity contribution in [2.24, 2.45) is 0 Å². The van der Waals surface area contributed by atoms with Crippen molar-refractivity contribution < 1.29 is 14.0 Å². The molecule has 0 unspecified atom stereocenters. The molecule has 0 radical (unpaired) electrons. The fourth-order valence-electron chi connectivity index (χ4n) is 3.27. The lowest BCUT2D eigenvalue weighted by molar-refractivity contribution is -0.130. The van der Waals surface area contributed by atoms with Crippen LogP contribution in [0.25, 0.3) is 10.4 Å². The number of halogens is 1. The van der Waals surface area contributed by atoms with Crippen molar-refractivity contribution in [1.29, 1.82) is 5.26 Å². The minimum Gasteiger partial charge on any atom is -0.350 e. The summed E-state index contributed by atoms with van der Waals surface area (Å²) >= 11 is 1.42. The first-order chi connectivity index (χ1) is 14.3. The Morgan fingerprint density at radius 3 is 2.70 bits per heavy atom. The van der Waals surface area contributed by atoms with E-state index >= 15 is 0 Å². The molecule has 2 N–H and O–H groups in total. The van der Waals surface area contributed by atoms with E-state index in [0.717, 1.165) is 10.4 Å². The third-order valence-electron chi connectivity index (χ3n) is 5.02. The monoisotopic (exact) mass is 428 g/mol. The summed E-state index contributed by atoms with van der Waals surface area (Å²) in [6.45, 7) is 3.98. The van der Waals surface area contributed by atoms with Gasteiger partial charge < -0.3 is 15.5 Å². The second-order valence-corrected chi connectivity index (χ2v) is 9.06. The van der Waals surface area contributed by atoms with Gasteiger partial charge in [0.25, 0.3) is 5.91 Å². The van der Waals surface area contributed by atoms with Gasteiger partial charge in [0, 0.05) is 23.4 Å². The number of carbonyl (C=O) groups is 2. The number of alkyl halides is 1. The summed E-state index contributed by atoms with van der Waals surface area (Å²) in [7, 11) is 0. The molecule has 30 heavy (non-hydrogen) atoms. The lowest BCUT2D eigenvalue weighted by Crippen LogP contribution is -2.52. The van der Waals surface area contributed by atoms with Gasteiger partial charge >= 0.3 is 0 Å². The molecule has 1 aliphatic rings. The van der Waals surface area contributed by atoms with E-state index in [1.165, 1.54) is 16.2 Å². The number of likely N-dealkylation sites (tertiary alicyclic amines) is 1. The number of nitriles is 1. The molecule has 158 valence electrons. The molecular weight excluding hydrogens is 403 g/mol. The molecule has 8 heteroatoms. The molecule has 2 atom stereocenters. The van der Waals surface area contributed by atoms with E-state index in [1.54, 1.807) is 6.07 Å². The van der Waals surface area contributed by atoms with Crippen molar-refractivity contribution >= 4 is 23.2 Å². The zero-order chi connectivity index (χ0) is 21.7.